The van der Waals surface area contributed by atoms with E-state index in [1.54, 1.807) is 42.5 Å². The molecule has 27 heavy (non-hydrogen) atoms. The first-order chi connectivity index (χ1) is 12.9. The second-order valence-corrected chi connectivity index (χ2v) is 6.38. The fourth-order valence-electron chi connectivity index (χ4n) is 2.30. The highest BCUT2D eigenvalue weighted by molar-refractivity contribution is 6.43. The maximum atomic E-state index is 11.1. The van der Waals surface area contributed by atoms with Crippen LogP contribution in [0.15, 0.2) is 48.8 Å². The van der Waals surface area contributed by atoms with Gasteiger partial charge in [0.15, 0.2) is 11.6 Å². The lowest BCUT2D eigenvalue weighted by Crippen LogP contribution is -2.06. The van der Waals surface area contributed by atoms with Gasteiger partial charge in [0.2, 0.25) is 5.91 Å². The van der Waals surface area contributed by atoms with Gasteiger partial charge < -0.3 is 21.7 Å². The number of nitrogens with two attached hydrogens (primary N) is 1. The highest BCUT2D eigenvalue weighted by Gasteiger charge is 2.11. The molecule has 1 amide bonds. The Morgan fingerprint density at radius 3 is 2.26 bits per heavy atom. The molecule has 0 bridgehead atoms. The SMILES string of the molecule is CC(=O)Nc1ccc(Nc2ncnc(Nc3cccc(Cl)c3Cl)c2N)cc1. The highest BCUT2D eigenvalue weighted by atomic mass is 35.5. The molecule has 9 heteroatoms. The van der Waals surface area contributed by atoms with Crippen molar-refractivity contribution in [1.29, 1.82) is 0 Å². The van der Waals surface area contributed by atoms with Gasteiger partial charge in [-0.15, -0.1) is 0 Å². The maximum Gasteiger partial charge on any atom is 0.221 e. The number of hydrogen-bond acceptors (Lipinski definition) is 6. The van der Waals surface area contributed by atoms with Gasteiger partial charge in [-0.3, -0.25) is 4.79 Å². The Labute approximate surface area is 165 Å². The van der Waals surface area contributed by atoms with Crippen molar-refractivity contribution in [2.75, 3.05) is 21.7 Å². The normalized spacial score (nSPS) is 10.3. The highest BCUT2D eigenvalue weighted by Crippen LogP contribution is 2.34. The minimum atomic E-state index is -0.133. The summed E-state index contributed by atoms with van der Waals surface area (Å²) in [5.41, 5.74) is 8.53. The number of halogens is 2. The Kier molecular flexibility index (Phi) is 5.63. The van der Waals surface area contributed by atoms with Gasteiger partial charge in [0.05, 0.1) is 15.7 Å². The van der Waals surface area contributed by atoms with Gasteiger partial charge in [0.1, 0.15) is 12.0 Å². The average molecular weight is 403 g/mol. The second-order valence-electron chi connectivity index (χ2n) is 5.59. The Hall–Kier alpha value is -3.03. The Morgan fingerprint density at radius 1 is 0.963 bits per heavy atom. The van der Waals surface area contributed by atoms with Crippen LogP contribution in [-0.4, -0.2) is 15.9 Å². The van der Waals surface area contributed by atoms with Crippen LogP contribution in [-0.2, 0) is 4.79 Å². The molecule has 0 saturated heterocycles. The number of anilines is 6. The van der Waals surface area contributed by atoms with E-state index in [0.29, 0.717) is 38.7 Å². The van der Waals surface area contributed by atoms with E-state index in [9.17, 15) is 4.79 Å². The largest absolute Gasteiger partial charge is 0.393 e. The van der Waals surface area contributed by atoms with Gasteiger partial charge in [0.25, 0.3) is 0 Å². The Bertz CT molecular complexity index is 978. The molecule has 3 aromatic rings. The third-order valence-corrected chi connectivity index (χ3v) is 4.38. The molecular weight excluding hydrogens is 387 g/mol. The predicted molar refractivity (Wildman–Crippen MR) is 110 cm³/mol. The summed E-state index contributed by atoms with van der Waals surface area (Å²) in [6, 6.07) is 12.4. The smallest absolute Gasteiger partial charge is 0.221 e. The van der Waals surface area contributed by atoms with Crippen molar-refractivity contribution in [1.82, 2.24) is 9.97 Å². The van der Waals surface area contributed by atoms with Gasteiger partial charge in [-0.25, -0.2) is 9.97 Å². The van der Waals surface area contributed by atoms with Crippen LogP contribution < -0.4 is 21.7 Å². The summed E-state index contributed by atoms with van der Waals surface area (Å²) in [6.07, 6.45) is 1.38. The van der Waals surface area contributed by atoms with Gasteiger partial charge in [-0.2, -0.15) is 0 Å². The third kappa shape index (κ3) is 4.58. The van der Waals surface area contributed by atoms with E-state index in [1.165, 1.54) is 13.3 Å². The summed E-state index contributed by atoms with van der Waals surface area (Å²) in [5.74, 6) is 0.690. The molecule has 0 fully saturated rings. The molecule has 7 nitrogen and oxygen atoms in total. The van der Waals surface area contributed by atoms with Crippen LogP contribution in [0.5, 0.6) is 0 Å². The molecule has 0 spiro atoms. The van der Waals surface area contributed by atoms with Crippen molar-refractivity contribution in [3.63, 3.8) is 0 Å². The standard InChI is InChI=1S/C18H16Cl2N6O/c1-10(27)24-11-5-7-12(8-6-11)25-17-16(21)18(23-9-22-17)26-14-4-2-3-13(19)15(14)20/h2-9H,21H2,1H3,(H,24,27)(H2,22,23,25,26). The van der Waals surface area contributed by atoms with Crippen LogP contribution in [0.3, 0.4) is 0 Å². The zero-order valence-corrected chi connectivity index (χ0v) is 15.8. The van der Waals surface area contributed by atoms with Crippen molar-refractivity contribution < 1.29 is 4.79 Å². The van der Waals surface area contributed by atoms with E-state index in [1.807, 2.05) is 0 Å². The lowest BCUT2D eigenvalue weighted by molar-refractivity contribution is -0.114. The molecular formula is C18H16Cl2N6O. The van der Waals surface area contributed by atoms with E-state index in [-0.39, 0.29) is 5.91 Å². The predicted octanol–water partition coefficient (Wildman–Crippen LogP) is 4.81. The fraction of sp³-hybridized carbons (Fsp3) is 0.0556. The fourth-order valence-corrected chi connectivity index (χ4v) is 2.65. The first-order valence-corrected chi connectivity index (χ1v) is 8.66. The van der Waals surface area contributed by atoms with Crippen LogP contribution >= 0.6 is 23.2 Å². The zero-order chi connectivity index (χ0) is 19.4. The number of nitrogens with one attached hydrogen (secondary N) is 3. The summed E-state index contributed by atoms with van der Waals surface area (Å²) >= 11 is 12.2. The molecule has 0 saturated carbocycles. The Morgan fingerprint density at radius 2 is 1.59 bits per heavy atom. The Balaban J connectivity index is 1.80. The number of hydrogen-bond donors (Lipinski definition) is 4. The number of nitrogens with zero attached hydrogens (tertiary/aromatic N) is 2. The van der Waals surface area contributed by atoms with Gasteiger partial charge in [0, 0.05) is 18.3 Å². The van der Waals surface area contributed by atoms with Crippen LogP contribution in [0, 0.1) is 0 Å². The van der Waals surface area contributed by atoms with E-state index >= 15 is 0 Å². The average Bonchev–Trinajstić information content (AvgIpc) is 2.63. The lowest BCUT2D eigenvalue weighted by Gasteiger charge is -2.14. The number of aromatic nitrogens is 2. The molecule has 0 aliphatic rings. The summed E-state index contributed by atoms with van der Waals surface area (Å²) in [4.78, 5) is 19.4. The van der Waals surface area contributed by atoms with Crippen LogP contribution in [0.1, 0.15) is 6.92 Å². The monoisotopic (exact) mass is 402 g/mol. The minimum absolute atomic E-state index is 0.133. The second kappa shape index (κ2) is 8.11. The number of rotatable bonds is 5. The molecule has 2 aromatic carbocycles. The molecule has 5 N–H and O–H groups in total. The van der Waals surface area contributed by atoms with E-state index in [2.05, 4.69) is 25.9 Å². The van der Waals surface area contributed by atoms with Crippen molar-refractivity contribution in [3.05, 3.63) is 58.8 Å². The molecule has 0 aliphatic carbocycles. The van der Waals surface area contributed by atoms with Crippen molar-refractivity contribution >= 4 is 63.5 Å². The summed E-state index contributed by atoms with van der Waals surface area (Å²) in [5, 5.41) is 9.68. The summed E-state index contributed by atoms with van der Waals surface area (Å²) in [6.45, 7) is 1.45. The van der Waals surface area contributed by atoms with E-state index in [4.69, 9.17) is 28.9 Å². The van der Waals surface area contributed by atoms with E-state index in [0.717, 1.165) is 5.69 Å². The molecule has 0 unspecified atom stereocenters. The van der Waals surface area contributed by atoms with Crippen molar-refractivity contribution in [3.8, 4) is 0 Å². The molecule has 1 aromatic heterocycles. The molecule has 3 rings (SSSR count). The number of nitrogen functional groups attached to an aromatic ring is 1. The van der Waals surface area contributed by atoms with Crippen LogP contribution in [0.2, 0.25) is 10.0 Å². The van der Waals surface area contributed by atoms with Gasteiger partial charge in [-0.05, 0) is 36.4 Å². The van der Waals surface area contributed by atoms with Gasteiger partial charge >= 0.3 is 0 Å². The number of benzene rings is 2. The summed E-state index contributed by atoms with van der Waals surface area (Å²) in [7, 11) is 0. The topological polar surface area (TPSA) is 105 Å². The molecule has 138 valence electrons. The van der Waals surface area contributed by atoms with Crippen LogP contribution in [0.25, 0.3) is 0 Å². The first-order valence-electron chi connectivity index (χ1n) is 7.90. The minimum Gasteiger partial charge on any atom is -0.393 e. The summed E-state index contributed by atoms with van der Waals surface area (Å²) < 4.78 is 0. The molecule has 1 heterocycles. The quantitative estimate of drug-likeness (QED) is 0.487. The molecule has 0 aliphatic heterocycles. The third-order valence-electron chi connectivity index (χ3n) is 3.56. The van der Waals surface area contributed by atoms with Gasteiger partial charge in [-0.1, -0.05) is 29.3 Å². The van der Waals surface area contributed by atoms with E-state index < -0.39 is 0 Å². The number of carbonyl (C=O) groups is 1. The van der Waals surface area contributed by atoms with Crippen LogP contribution in [0.4, 0.5) is 34.4 Å². The number of carbonyl (C=O) groups excluding carboxylic acids is 1. The molecule has 0 atom stereocenters. The molecule has 0 radical (unpaired) electrons. The number of amides is 1. The zero-order valence-electron chi connectivity index (χ0n) is 14.3. The van der Waals surface area contributed by atoms with Crippen molar-refractivity contribution in [2.45, 2.75) is 6.92 Å². The maximum absolute atomic E-state index is 11.1. The van der Waals surface area contributed by atoms with Crippen molar-refractivity contribution in [2.24, 2.45) is 0 Å². The first kappa shape index (κ1) is 18.8. The lowest BCUT2D eigenvalue weighted by atomic mass is 10.2.